The molecule has 2 heterocycles. The van der Waals surface area contributed by atoms with Gasteiger partial charge >= 0.3 is 0 Å². The second-order valence-corrected chi connectivity index (χ2v) is 7.80. The SMILES string of the molecule is CCn1ncc2cc(Nc3nc(N[C@H](C4CC4)[C@H](C)N)c(F)cc3C(N)=O)ccc21. The van der Waals surface area contributed by atoms with E-state index in [1.54, 1.807) is 6.20 Å². The largest absolute Gasteiger partial charge is 0.365 e. The molecule has 0 unspecified atom stereocenters. The zero-order valence-electron chi connectivity index (χ0n) is 17.0. The van der Waals surface area contributed by atoms with Crippen molar-refractivity contribution in [3.8, 4) is 0 Å². The number of amides is 1. The number of pyridine rings is 1. The highest BCUT2D eigenvalue weighted by atomic mass is 19.1. The van der Waals surface area contributed by atoms with Crippen molar-refractivity contribution in [1.82, 2.24) is 14.8 Å². The number of benzene rings is 1. The molecule has 0 bridgehead atoms. The molecule has 2 atom stereocenters. The van der Waals surface area contributed by atoms with E-state index in [0.717, 1.165) is 36.4 Å². The van der Waals surface area contributed by atoms with Crippen molar-refractivity contribution in [3.05, 3.63) is 41.8 Å². The smallest absolute Gasteiger partial charge is 0.252 e. The quantitative estimate of drug-likeness (QED) is 0.452. The maximum atomic E-state index is 14.7. The maximum absolute atomic E-state index is 14.7. The highest BCUT2D eigenvalue weighted by molar-refractivity contribution is 5.99. The first-order valence-corrected chi connectivity index (χ1v) is 10.1. The third-order valence-corrected chi connectivity index (χ3v) is 5.45. The Labute approximate surface area is 173 Å². The van der Waals surface area contributed by atoms with Crippen LogP contribution in [0.2, 0.25) is 0 Å². The van der Waals surface area contributed by atoms with Gasteiger partial charge in [-0.15, -0.1) is 0 Å². The van der Waals surface area contributed by atoms with Crippen molar-refractivity contribution in [2.45, 2.75) is 45.3 Å². The summed E-state index contributed by atoms with van der Waals surface area (Å²) in [5, 5.41) is 11.5. The first-order chi connectivity index (χ1) is 14.4. The number of aryl methyl sites for hydroxylation is 1. The predicted molar refractivity (Wildman–Crippen MR) is 115 cm³/mol. The molecule has 30 heavy (non-hydrogen) atoms. The van der Waals surface area contributed by atoms with Crippen molar-refractivity contribution >= 4 is 34.1 Å². The summed E-state index contributed by atoms with van der Waals surface area (Å²) in [5.41, 5.74) is 13.2. The van der Waals surface area contributed by atoms with Gasteiger partial charge in [0.25, 0.3) is 5.91 Å². The summed E-state index contributed by atoms with van der Waals surface area (Å²) in [7, 11) is 0. The van der Waals surface area contributed by atoms with Gasteiger partial charge in [0.2, 0.25) is 0 Å². The van der Waals surface area contributed by atoms with Crippen LogP contribution in [0.3, 0.4) is 0 Å². The molecule has 4 rings (SSSR count). The Hall–Kier alpha value is -3.20. The van der Waals surface area contributed by atoms with Crippen LogP contribution in [-0.4, -0.2) is 32.8 Å². The number of hydrogen-bond acceptors (Lipinski definition) is 6. The van der Waals surface area contributed by atoms with E-state index in [1.807, 2.05) is 36.7 Å². The molecule has 3 aromatic rings. The Morgan fingerprint density at radius 1 is 1.33 bits per heavy atom. The van der Waals surface area contributed by atoms with Crippen LogP contribution in [0.1, 0.15) is 37.0 Å². The minimum atomic E-state index is -0.763. The lowest BCUT2D eigenvalue weighted by Crippen LogP contribution is -2.40. The standard InChI is InChI=1S/C21H26FN7O/c1-3-29-17-7-6-14(8-13(17)10-25-29)26-20-15(19(24)30)9-16(22)21(28-20)27-18(11(2)23)12-4-5-12/h6-12,18H,3-5,23H2,1-2H3,(H2,24,30)(H2,26,27,28)/t11-,18-/m0/s1. The molecule has 0 radical (unpaired) electrons. The first kappa shape index (κ1) is 20.1. The summed E-state index contributed by atoms with van der Waals surface area (Å²) in [4.78, 5) is 16.2. The molecule has 0 aliphatic heterocycles. The van der Waals surface area contributed by atoms with E-state index in [2.05, 4.69) is 20.7 Å². The highest BCUT2D eigenvalue weighted by Crippen LogP contribution is 2.36. The van der Waals surface area contributed by atoms with Gasteiger partial charge in [0.1, 0.15) is 5.82 Å². The van der Waals surface area contributed by atoms with E-state index in [9.17, 15) is 9.18 Å². The van der Waals surface area contributed by atoms with Crippen molar-refractivity contribution in [1.29, 1.82) is 0 Å². The fourth-order valence-corrected chi connectivity index (χ4v) is 3.72. The lowest BCUT2D eigenvalue weighted by atomic mass is 10.1. The van der Waals surface area contributed by atoms with Gasteiger partial charge in [0, 0.05) is 29.7 Å². The van der Waals surface area contributed by atoms with Crippen LogP contribution >= 0.6 is 0 Å². The molecule has 2 aromatic heterocycles. The summed E-state index contributed by atoms with van der Waals surface area (Å²) in [6.07, 6.45) is 3.88. The van der Waals surface area contributed by atoms with Gasteiger partial charge < -0.3 is 22.1 Å². The van der Waals surface area contributed by atoms with Gasteiger partial charge in [0.05, 0.1) is 17.3 Å². The second-order valence-electron chi connectivity index (χ2n) is 7.80. The van der Waals surface area contributed by atoms with Gasteiger partial charge in [-0.3, -0.25) is 9.48 Å². The number of nitrogens with zero attached hydrogens (tertiary/aromatic N) is 3. The van der Waals surface area contributed by atoms with E-state index in [0.29, 0.717) is 11.6 Å². The van der Waals surface area contributed by atoms with Crippen LogP contribution in [0.5, 0.6) is 0 Å². The van der Waals surface area contributed by atoms with Gasteiger partial charge in [0.15, 0.2) is 11.6 Å². The number of fused-ring (bicyclic) bond motifs is 1. The van der Waals surface area contributed by atoms with Crippen molar-refractivity contribution in [2.75, 3.05) is 10.6 Å². The van der Waals surface area contributed by atoms with Gasteiger partial charge in [-0.25, -0.2) is 9.37 Å². The number of aromatic nitrogens is 3. The fraction of sp³-hybridized carbons (Fsp3) is 0.381. The van der Waals surface area contributed by atoms with Crippen LogP contribution in [0.25, 0.3) is 10.9 Å². The first-order valence-electron chi connectivity index (χ1n) is 10.1. The molecule has 1 aliphatic carbocycles. The zero-order chi connectivity index (χ0) is 21.4. The van der Waals surface area contributed by atoms with Crippen LogP contribution in [0.15, 0.2) is 30.5 Å². The Kier molecular flexibility index (Phi) is 5.29. The summed E-state index contributed by atoms with van der Waals surface area (Å²) in [6, 6.07) is 6.54. The summed E-state index contributed by atoms with van der Waals surface area (Å²) in [5.74, 6) is -0.762. The van der Waals surface area contributed by atoms with E-state index in [4.69, 9.17) is 11.5 Å². The molecule has 0 spiro atoms. The van der Waals surface area contributed by atoms with Crippen LogP contribution in [-0.2, 0) is 6.54 Å². The molecule has 0 saturated heterocycles. The average molecular weight is 411 g/mol. The molecule has 1 aliphatic rings. The minimum absolute atomic E-state index is 0.0221. The van der Waals surface area contributed by atoms with Crippen LogP contribution in [0, 0.1) is 11.7 Å². The number of nitrogens with one attached hydrogen (secondary N) is 2. The number of anilines is 3. The lowest BCUT2D eigenvalue weighted by Gasteiger charge is -2.23. The Balaban J connectivity index is 1.67. The number of rotatable bonds is 8. The third kappa shape index (κ3) is 3.93. The summed E-state index contributed by atoms with van der Waals surface area (Å²) < 4.78 is 16.6. The molecule has 1 fully saturated rings. The van der Waals surface area contributed by atoms with Gasteiger partial charge in [-0.05, 0) is 56.9 Å². The molecule has 1 amide bonds. The number of hydrogen-bond donors (Lipinski definition) is 4. The summed E-state index contributed by atoms with van der Waals surface area (Å²) >= 11 is 0. The molecule has 158 valence electrons. The van der Waals surface area contributed by atoms with E-state index in [-0.39, 0.29) is 29.3 Å². The second kappa shape index (κ2) is 7.91. The lowest BCUT2D eigenvalue weighted by molar-refractivity contribution is 0.100. The van der Waals surface area contributed by atoms with Crippen LogP contribution in [0.4, 0.5) is 21.7 Å². The number of nitrogens with two attached hydrogens (primary N) is 2. The topological polar surface area (TPSA) is 124 Å². The average Bonchev–Trinajstić information content (AvgIpc) is 3.46. The van der Waals surface area contributed by atoms with Crippen molar-refractivity contribution < 1.29 is 9.18 Å². The number of carbonyl (C=O) groups excluding carboxylic acids is 1. The fourth-order valence-electron chi connectivity index (χ4n) is 3.72. The van der Waals surface area contributed by atoms with E-state index >= 15 is 0 Å². The summed E-state index contributed by atoms with van der Waals surface area (Å²) in [6.45, 7) is 4.67. The number of carbonyl (C=O) groups is 1. The van der Waals surface area contributed by atoms with Gasteiger partial charge in [-0.2, -0.15) is 5.10 Å². The molecule has 1 aromatic carbocycles. The molecule has 6 N–H and O–H groups in total. The van der Waals surface area contributed by atoms with E-state index < -0.39 is 11.7 Å². The normalized spacial score (nSPS) is 15.7. The molecule has 8 nitrogen and oxygen atoms in total. The van der Waals surface area contributed by atoms with Crippen LogP contribution < -0.4 is 22.1 Å². The Morgan fingerprint density at radius 2 is 2.10 bits per heavy atom. The maximum Gasteiger partial charge on any atom is 0.252 e. The zero-order valence-corrected chi connectivity index (χ0v) is 17.0. The number of halogens is 1. The predicted octanol–water partition coefficient (Wildman–Crippen LogP) is 2.97. The molecule has 1 saturated carbocycles. The van der Waals surface area contributed by atoms with Crippen molar-refractivity contribution in [3.63, 3.8) is 0 Å². The van der Waals surface area contributed by atoms with Gasteiger partial charge in [-0.1, -0.05) is 0 Å². The highest BCUT2D eigenvalue weighted by Gasteiger charge is 2.34. The molecule has 9 heteroatoms. The minimum Gasteiger partial charge on any atom is -0.365 e. The third-order valence-electron chi connectivity index (χ3n) is 5.45. The molecular weight excluding hydrogens is 385 g/mol. The number of primary amides is 1. The monoisotopic (exact) mass is 411 g/mol. The Morgan fingerprint density at radius 3 is 2.73 bits per heavy atom. The Bertz CT molecular complexity index is 1090. The van der Waals surface area contributed by atoms with E-state index in [1.165, 1.54) is 0 Å². The molecular formula is C21H26FN7O. The van der Waals surface area contributed by atoms with Crippen molar-refractivity contribution in [2.24, 2.45) is 17.4 Å².